The molecule has 0 saturated heterocycles. The molecule has 0 radical (unpaired) electrons. The fourth-order valence-electron chi connectivity index (χ4n) is 2.11. The lowest BCUT2D eigenvalue weighted by Crippen LogP contribution is -2.19. The molecule has 1 heterocycles. The van der Waals surface area contributed by atoms with E-state index in [1.807, 2.05) is 19.9 Å². The van der Waals surface area contributed by atoms with Crippen LogP contribution in [0.15, 0.2) is 6.07 Å². The lowest BCUT2D eigenvalue weighted by molar-refractivity contribution is 0.0993. The summed E-state index contributed by atoms with van der Waals surface area (Å²) in [6.07, 6.45) is 0. The molecule has 0 aromatic carbocycles. The Morgan fingerprint density at radius 3 is 2.47 bits per heavy atom. The highest BCUT2D eigenvalue weighted by atomic mass is 16.1. The first-order valence-corrected chi connectivity index (χ1v) is 5.35. The van der Waals surface area contributed by atoms with Crippen LogP contribution in [0.2, 0.25) is 0 Å². The molecule has 0 aliphatic carbocycles. The fraction of sp³-hybridized carbons (Fsp3) is 0.583. The van der Waals surface area contributed by atoms with Crippen molar-refractivity contribution in [3.8, 4) is 0 Å². The van der Waals surface area contributed by atoms with Gasteiger partial charge in [0.2, 0.25) is 0 Å². The summed E-state index contributed by atoms with van der Waals surface area (Å²) < 4.78 is 2.20. The molecule has 1 aromatic rings. The van der Waals surface area contributed by atoms with Crippen molar-refractivity contribution in [1.29, 1.82) is 0 Å². The summed E-state index contributed by atoms with van der Waals surface area (Å²) in [5.74, 6) is 0.164. The van der Waals surface area contributed by atoms with Crippen LogP contribution in [-0.4, -0.2) is 23.9 Å². The van der Waals surface area contributed by atoms with Crippen molar-refractivity contribution in [3.63, 3.8) is 0 Å². The zero-order valence-electron chi connectivity index (χ0n) is 10.2. The zero-order valence-corrected chi connectivity index (χ0v) is 10.2. The number of nitrogens with zero attached hydrogens (tertiary/aromatic N) is 1. The number of hydrogen-bond acceptors (Lipinski definition) is 2. The van der Waals surface area contributed by atoms with Crippen molar-refractivity contribution in [3.05, 3.63) is 23.0 Å². The maximum atomic E-state index is 11.8. The topological polar surface area (TPSA) is 34.0 Å². The van der Waals surface area contributed by atoms with Gasteiger partial charge in [-0.3, -0.25) is 4.79 Å². The van der Waals surface area contributed by atoms with Gasteiger partial charge in [-0.05, 0) is 40.8 Å². The van der Waals surface area contributed by atoms with Crippen LogP contribution in [0.1, 0.15) is 41.6 Å². The molecule has 0 aliphatic rings. The second kappa shape index (κ2) is 4.62. The van der Waals surface area contributed by atoms with Crippen molar-refractivity contribution in [2.45, 2.75) is 33.7 Å². The van der Waals surface area contributed by atoms with Gasteiger partial charge >= 0.3 is 0 Å². The number of carbonyl (C=O) groups excluding carboxylic acids is 1. The Hall–Kier alpha value is -1.09. The highest BCUT2D eigenvalue weighted by Crippen LogP contribution is 2.20. The minimum absolute atomic E-state index is 0.164. The molecule has 1 aromatic heterocycles. The van der Waals surface area contributed by atoms with Crippen molar-refractivity contribution in [1.82, 2.24) is 9.88 Å². The van der Waals surface area contributed by atoms with Crippen LogP contribution in [0.25, 0.3) is 0 Å². The molecule has 0 spiro atoms. The average Bonchev–Trinajstić information content (AvgIpc) is 2.42. The lowest BCUT2D eigenvalue weighted by atomic mass is 10.1. The van der Waals surface area contributed by atoms with Gasteiger partial charge in [-0.2, -0.15) is 0 Å². The van der Waals surface area contributed by atoms with Gasteiger partial charge in [0.05, 0.1) is 6.54 Å². The number of carbonyl (C=O) groups is 1. The molecule has 3 heteroatoms. The molecule has 15 heavy (non-hydrogen) atoms. The monoisotopic (exact) mass is 208 g/mol. The minimum Gasteiger partial charge on any atom is -0.346 e. The maximum absolute atomic E-state index is 11.8. The Bertz CT molecular complexity index is 364. The number of aryl methyl sites for hydroxylation is 1. The van der Waals surface area contributed by atoms with E-state index in [2.05, 4.69) is 23.7 Å². The Labute approximate surface area is 91.5 Å². The first-order valence-electron chi connectivity index (χ1n) is 5.35. The Morgan fingerprint density at radius 1 is 1.47 bits per heavy atom. The molecule has 0 amide bonds. The zero-order chi connectivity index (χ0) is 11.6. The van der Waals surface area contributed by atoms with Gasteiger partial charge in [0.25, 0.3) is 0 Å². The summed E-state index contributed by atoms with van der Waals surface area (Å²) in [7, 11) is 1.79. The summed E-state index contributed by atoms with van der Waals surface area (Å²) in [6, 6.07) is 2.38. The largest absolute Gasteiger partial charge is 0.346 e. The van der Waals surface area contributed by atoms with E-state index >= 15 is 0 Å². The van der Waals surface area contributed by atoms with Crippen LogP contribution in [0.5, 0.6) is 0 Å². The molecule has 1 N–H and O–H groups in total. The van der Waals surface area contributed by atoms with Gasteiger partial charge in [-0.1, -0.05) is 0 Å². The van der Waals surface area contributed by atoms with Gasteiger partial charge in [0.15, 0.2) is 5.78 Å². The maximum Gasteiger partial charge on any atom is 0.178 e. The van der Waals surface area contributed by atoms with Crippen LogP contribution in [0, 0.1) is 13.8 Å². The van der Waals surface area contributed by atoms with Crippen molar-refractivity contribution < 1.29 is 4.79 Å². The standard InChI is InChI=1S/C12H20N2O/c1-8(2)14-9(3)6-11(10(14)4)12(15)7-13-5/h6,8,13H,7H2,1-5H3. The van der Waals surface area contributed by atoms with E-state index in [-0.39, 0.29) is 5.78 Å². The molecule has 84 valence electrons. The number of Topliss-reactive ketones (excluding diaryl/α,β-unsaturated/α-hetero) is 1. The van der Waals surface area contributed by atoms with Crippen molar-refractivity contribution >= 4 is 5.78 Å². The summed E-state index contributed by atoms with van der Waals surface area (Å²) in [6.45, 7) is 8.72. The number of ketones is 1. The minimum atomic E-state index is 0.164. The van der Waals surface area contributed by atoms with E-state index in [0.29, 0.717) is 12.6 Å². The lowest BCUT2D eigenvalue weighted by Gasteiger charge is -2.13. The third-order valence-corrected chi connectivity index (χ3v) is 2.64. The summed E-state index contributed by atoms with van der Waals surface area (Å²) in [5, 5.41) is 2.89. The summed E-state index contributed by atoms with van der Waals surface area (Å²) in [5.41, 5.74) is 3.07. The van der Waals surface area contributed by atoms with Crippen LogP contribution in [0.4, 0.5) is 0 Å². The van der Waals surface area contributed by atoms with E-state index in [1.54, 1.807) is 7.05 Å². The van der Waals surface area contributed by atoms with Crippen molar-refractivity contribution in [2.75, 3.05) is 13.6 Å². The number of nitrogens with one attached hydrogen (secondary N) is 1. The van der Waals surface area contributed by atoms with E-state index in [4.69, 9.17) is 0 Å². The summed E-state index contributed by atoms with van der Waals surface area (Å²) >= 11 is 0. The predicted octanol–water partition coefficient (Wildman–Crippen LogP) is 2.09. The summed E-state index contributed by atoms with van der Waals surface area (Å²) in [4.78, 5) is 11.8. The number of rotatable bonds is 4. The van der Waals surface area contributed by atoms with E-state index in [1.165, 1.54) is 0 Å². The quantitative estimate of drug-likeness (QED) is 0.769. The molecular formula is C12H20N2O. The molecule has 0 bridgehead atoms. The molecule has 1 rings (SSSR count). The first kappa shape index (κ1) is 12.0. The van der Waals surface area contributed by atoms with Gasteiger partial charge in [0.1, 0.15) is 0 Å². The van der Waals surface area contributed by atoms with Crippen LogP contribution in [-0.2, 0) is 0 Å². The third-order valence-electron chi connectivity index (χ3n) is 2.64. The molecule has 0 atom stereocenters. The van der Waals surface area contributed by atoms with Gasteiger partial charge in [0, 0.05) is 23.0 Å². The number of likely N-dealkylation sites (N-methyl/N-ethyl adjacent to an activating group) is 1. The van der Waals surface area contributed by atoms with Crippen LogP contribution < -0.4 is 5.32 Å². The van der Waals surface area contributed by atoms with E-state index in [9.17, 15) is 4.79 Å². The van der Waals surface area contributed by atoms with Crippen LogP contribution >= 0.6 is 0 Å². The Kier molecular flexibility index (Phi) is 3.69. The second-order valence-corrected chi connectivity index (χ2v) is 4.20. The van der Waals surface area contributed by atoms with Gasteiger partial charge in [-0.25, -0.2) is 0 Å². The molecular weight excluding hydrogens is 188 g/mol. The molecule has 3 nitrogen and oxygen atoms in total. The Morgan fingerprint density at radius 2 is 2.07 bits per heavy atom. The molecule has 0 unspecified atom stereocenters. The van der Waals surface area contributed by atoms with Crippen molar-refractivity contribution in [2.24, 2.45) is 0 Å². The second-order valence-electron chi connectivity index (χ2n) is 4.20. The highest BCUT2D eigenvalue weighted by Gasteiger charge is 2.15. The molecule has 0 fully saturated rings. The normalized spacial score (nSPS) is 11.1. The first-order chi connectivity index (χ1) is 6.99. The number of aromatic nitrogens is 1. The van der Waals surface area contributed by atoms with E-state index in [0.717, 1.165) is 17.0 Å². The van der Waals surface area contributed by atoms with Crippen LogP contribution in [0.3, 0.4) is 0 Å². The fourth-order valence-corrected chi connectivity index (χ4v) is 2.11. The SMILES string of the molecule is CNCC(=O)c1cc(C)n(C(C)C)c1C. The van der Waals surface area contributed by atoms with E-state index < -0.39 is 0 Å². The van der Waals surface area contributed by atoms with Gasteiger partial charge < -0.3 is 9.88 Å². The highest BCUT2D eigenvalue weighted by molar-refractivity contribution is 5.99. The Balaban J connectivity index is 3.12. The average molecular weight is 208 g/mol. The number of hydrogen-bond donors (Lipinski definition) is 1. The molecule has 0 aliphatic heterocycles. The third kappa shape index (κ3) is 2.29. The van der Waals surface area contributed by atoms with Gasteiger partial charge in [-0.15, -0.1) is 0 Å². The predicted molar refractivity (Wildman–Crippen MR) is 62.5 cm³/mol. The smallest absolute Gasteiger partial charge is 0.178 e. The molecule has 0 saturated carbocycles.